The first kappa shape index (κ1) is 13.4. The molecule has 0 aromatic heterocycles. The van der Waals surface area contributed by atoms with Crippen LogP contribution in [0.3, 0.4) is 0 Å². The Labute approximate surface area is 103 Å². The summed E-state index contributed by atoms with van der Waals surface area (Å²) in [5.74, 6) is 1.01. The molecular formula is C13H21NOS. The molecule has 2 nitrogen and oxygen atoms in total. The predicted octanol–water partition coefficient (Wildman–Crippen LogP) is 3.49. The fourth-order valence-electron chi connectivity index (χ4n) is 1.30. The van der Waals surface area contributed by atoms with Gasteiger partial charge in [0.25, 0.3) is 0 Å². The lowest BCUT2D eigenvalue weighted by Gasteiger charge is -2.05. The lowest BCUT2D eigenvalue weighted by molar-refractivity contribution is 0.147. The molecule has 16 heavy (non-hydrogen) atoms. The Morgan fingerprint density at radius 3 is 2.81 bits per heavy atom. The van der Waals surface area contributed by atoms with E-state index in [1.165, 1.54) is 11.3 Å². The van der Waals surface area contributed by atoms with Crippen LogP contribution in [-0.4, -0.2) is 19.0 Å². The average molecular weight is 239 g/mol. The summed E-state index contributed by atoms with van der Waals surface area (Å²) in [4.78, 5) is 1.27. The number of nitrogens with two attached hydrogens (primary N) is 1. The molecule has 1 aromatic rings. The van der Waals surface area contributed by atoms with Crippen molar-refractivity contribution in [1.82, 2.24) is 0 Å². The lowest BCUT2D eigenvalue weighted by Crippen LogP contribution is -1.98. The maximum absolute atomic E-state index is 5.76. The zero-order chi connectivity index (χ0) is 11.8. The number of aryl methyl sites for hydroxylation is 1. The second-order valence-electron chi connectivity index (χ2n) is 3.83. The fraction of sp³-hybridized carbons (Fsp3) is 0.538. The van der Waals surface area contributed by atoms with Crippen LogP contribution >= 0.6 is 11.8 Å². The van der Waals surface area contributed by atoms with Crippen molar-refractivity contribution in [2.75, 3.05) is 24.7 Å². The molecule has 0 heterocycles. The number of thioether (sulfide) groups is 1. The maximum atomic E-state index is 5.76. The molecule has 1 rings (SSSR count). The van der Waals surface area contributed by atoms with E-state index in [1.54, 1.807) is 0 Å². The molecule has 0 spiro atoms. The Morgan fingerprint density at radius 1 is 1.31 bits per heavy atom. The monoisotopic (exact) mass is 239 g/mol. The molecule has 0 amide bonds. The van der Waals surface area contributed by atoms with Crippen LogP contribution in [0.2, 0.25) is 0 Å². The Hall–Kier alpha value is -0.670. The van der Waals surface area contributed by atoms with Gasteiger partial charge < -0.3 is 10.5 Å². The van der Waals surface area contributed by atoms with Gasteiger partial charge in [0.05, 0.1) is 6.61 Å². The third-order valence-electron chi connectivity index (χ3n) is 2.38. The van der Waals surface area contributed by atoms with Crippen LogP contribution in [-0.2, 0) is 4.74 Å². The van der Waals surface area contributed by atoms with E-state index in [1.807, 2.05) is 24.8 Å². The molecule has 3 heteroatoms. The van der Waals surface area contributed by atoms with Gasteiger partial charge in [0.2, 0.25) is 0 Å². The van der Waals surface area contributed by atoms with Gasteiger partial charge in [-0.3, -0.25) is 0 Å². The number of unbranched alkanes of at least 4 members (excludes halogenated alkanes) is 1. The Bertz CT molecular complexity index is 315. The number of hydrogen-bond donors (Lipinski definition) is 1. The van der Waals surface area contributed by atoms with Gasteiger partial charge in [0.15, 0.2) is 0 Å². The van der Waals surface area contributed by atoms with Crippen molar-refractivity contribution in [3.05, 3.63) is 23.8 Å². The van der Waals surface area contributed by atoms with Gasteiger partial charge >= 0.3 is 0 Å². The zero-order valence-corrected chi connectivity index (χ0v) is 11.0. The predicted molar refractivity (Wildman–Crippen MR) is 72.0 cm³/mol. The Morgan fingerprint density at radius 2 is 2.12 bits per heavy atom. The third kappa shape index (κ3) is 4.90. The minimum absolute atomic E-state index is 0.827. The molecular weight excluding hydrogens is 218 g/mol. The molecule has 1 aromatic carbocycles. The molecule has 0 aliphatic carbocycles. The van der Waals surface area contributed by atoms with Crippen LogP contribution in [0, 0.1) is 6.92 Å². The van der Waals surface area contributed by atoms with Crippen LogP contribution in [0.25, 0.3) is 0 Å². The van der Waals surface area contributed by atoms with Crippen molar-refractivity contribution < 1.29 is 4.74 Å². The molecule has 0 fully saturated rings. The number of anilines is 1. The lowest BCUT2D eigenvalue weighted by atomic mass is 10.2. The van der Waals surface area contributed by atoms with Gasteiger partial charge in [-0.15, -0.1) is 11.8 Å². The molecule has 90 valence electrons. The van der Waals surface area contributed by atoms with Gasteiger partial charge in [0.1, 0.15) is 0 Å². The van der Waals surface area contributed by atoms with Crippen LogP contribution in [0.1, 0.15) is 25.3 Å². The fourth-order valence-corrected chi connectivity index (χ4v) is 2.17. The van der Waals surface area contributed by atoms with Gasteiger partial charge in [0, 0.05) is 22.9 Å². The number of benzene rings is 1. The van der Waals surface area contributed by atoms with Gasteiger partial charge in [-0.05, 0) is 37.1 Å². The maximum Gasteiger partial charge on any atom is 0.0560 e. The highest BCUT2D eigenvalue weighted by molar-refractivity contribution is 7.99. The summed E-state index contributed by atoms with van der Waals surface area (Å²) in [5, 5.41) is 0. The van der Waals surface area contributed by atoms with Gasteiger partial charge in [-0.1, -0.05) is 13.3 Å². The van der Waals surface area contributed by atoms with Crippen molar-refractivity contribution in [2.45, 2.75) is 31.6 Å². The van der Waals surface area contributed by atoms with E-state index in [0.29, 0.717) is 0 Å². The first-order valence-electron chi connectivity index (χ1n) is 5.80. The van der Waals surface area contributed by atoms with E-state index in [4.69, 9.17) is 10.5 Å². The smallest absolute Gasteiger partial charge is 0.0560 e. The first-order chi connectivity index (χ1) is 7.74. The summed E-state index contributed by atoms with van der Waals surface area (Å²) < 4.78 is 5.50. The van der Waals surface area contributed by atoms with E-state index in [-0.39, 0.29) is 0 Å². The van der Waals surface area contributed by atoms with Gasteiger partial charge in [-0.2, -0.15) is 0 Å². The molecule has 0 saturated heterocycles. The molecule has 0 aliphatic heterocycles. The standard InChI is InChI=1S/C13H21NOS/c1-3-4-7-15-8-9-16-12-5-6-13(14)11(2)10-12/h5-6,10H,3-4,7-9,14H2,1-2H3. The molecule has 2 N–H and O–H groups in total. The molecule has 0 radical (unpaired) electrons. The summed E-state index contributed by atoms with van der Waals surface area (Å²) in [5.41, 5.74) is 7.78. The number of ether oxygens (including phenoxy) is 1. The second kappa shape index (κ2) is 7.58. The van der Waals surface area contributed by atoms with E-state index in [2.05, 4.69) is 19.1 Å². The van der Waals surface area contributed by atoms with Crippen LogP contribution in [0.5, 0.6) is 0 Å². The summed E-state index contributed by atoms with van der Waals surface area (Å²) in [7, 11) is 0. The zero-order valence-electron chi connectivity index (χ0n) is 10.2. The van der Waals surface area contributed by atoms with Crippen molar-refractivity contribution in [3.63, 3.8) is 0 Å². The van der Waals surface area contributed by atoms with Crippen LogP contribution in [0.15, 0.2) is 23.1 Å². The minimum Gasteiger partial charge on any atom is -0.399 e. The summed E-state index contributed by atoms with van der Waals surface area (Å²) >= 11 is 1.82. The van der Waals surface area contributed by atoms with E-state index in [0.717, 1.165) is 36.6 Å². The molecule has 0 unspecified atom stereocenters. The topological polar surface area (TPSA) is 35.2 Å². The summed E-state index contributed by atoms with van der Waals surface area (Å²) in [6.45, 7) is 5.93. The van der Waals surface area contributed by atoms with Crippen molar-refractivity contribution in [3.8, 4) is 0 Å². The van der Waals surface area contributed by atoms with E-state index in [9.17, 15) is 0 Å². The third-order valence-corrected chi connectivity index (χ3v) is 3.34. The van der Waals surface area contributed by atoms with Crippen molar-refractivity contribution in [1.29, 1.82) is 0 Å². The number of hydrogen-bond acceptors (Lipinski definition) is 3. The highest BCUT2D eigenvalue weighted by atomic mass is 32.2. The van der Waals surface area contributed by atoms with E-state index < -0.39 is 0 Å². The highest BCUT2D eigenvalue weighted by Gasteiger charge is 1.97. The minimum atomic E-state index is 0.827. The van der Waals surface area contributed by atoms with Crippen molar-refractivity contribution >= 4 is 17.4 Å². The van der Waals surface area contributed by atoms with Crippen molar-refractivity contribution in [2.24, 2.45) is 0 Å². The second-order valence-corrected chi connectivity index (χ2v) is 5.00. The Balaban J connectivity index is 2.19. The highest BCUT2D eigenvalue weighted by Crippen LogP contribution is 2.22. The largest absolute Gasteiger partial charge is 0.399 e. The van der Waals surface area contributed by atoms with E-state index >= 15 is 0 Å². The first-order valence-corrected chi connectivity index (χ1v) is 6.79. The Kier molecular flexibility index (Phi) is 6.34. The molecule has 0 saturated carbocycles. The van der Waals surface area contributed by atoms with Crippen LogP contribution < -0.4 is 5.73 Å². The van der Waals surface area contributed by atoms with Gasteiger partial charge in [-0.25, -0.2) is 0 Å². The average Bonchev–Trinajstić information content (AvgIpc) is 2.28. The molecule has 0 bridgehead atoms. The molecule has 0 aliphatic rings. The molecule has 0 atom stereocenters. The normalized spacial score (nSPS) is 10.6. The quantitative estimate of drug-likeness (QED) is 0.449. The SMILES string of the molecule is CCCCOCCSc1ccc(N)c(C)c1. The number of rotatable bonds is 7. The summed E-state index contributed by atoms with van der Waals surface area (Å²) in [6, 6.07) is 6.17. The summed E-state index contributed by atoms with van der Waals surface area (Å²) in [6.07, 6.45) is 2.36. The van der Waals surface area contributed by atoms with Crippen LogP contribution in [0.4, 0.5) is 5.69 Å². The number of nitrogen functional groups attached to an aromatic ring is 1.